The summed E-state index contributed by atoms with van der Waals surface area (Å²) in [4.78, 5) is 23.6. The number of alkyl halides is 3. The number of halogens is 3. The average molecular weight is 284 g/mol. The van der Waals surface area contributed by atoms with Crippen molar-refractivity contribution in [1.82, 2.24) is 10.2 Å². The van der Waals surface area contributed by atoms with Crippen LogP contribution < -0.4 is 5.32 Å². The van der Waals surface area contributed by atoms with E-state index in [1.807, 2.05) is 0 Å². The highest BCUT2D eigenvalue weighted by molar-refractivity contribution is 5.86. The maximum Gasteiger partial charge on any atom is 0.422 e. The predicted octanol–water partition coefficient (Wildman–Crippen LogP) is 2.22. The summed E-state index contributed by atoms with van der Waals surface area (Å²) in [6.45, 7) is 4.00. The van der Waals surface area contributed by atoms with Crippen LogP contribution >= 0.6 is 0 Å². The summed E-state index contributed by atoms with van der Waals surface area (Å²) in [5.74, 6) is -2.15. The van der Waals surface area contributed by atoms with Crippen molar-refractivity contribution in [2.24, 2.45) is 0 Å². The summed E-state index contributed by atoms with van der Waals surface area (Å²) < 4.78 is 38.2. The van der Waals surface area contributed by atoms with Gasteiger partial charge in [0, 0.05) is 13.1 Å². The molecule has 0 aliphatic carbocycles. The van der Waals surface area contributed by atoms with Gasteiger partial charge in [0.1, 0.15) is 0 Å². The van der Waals surface area contributed by atoms with E-state index >= 15 is 0 Å². The summed E-state index contributed by atoms with van der Waals surface area (Å²) in [6, 6.07) is -1.30. The van der Waals surface area contributed by atoms with Crippen LogP contribution in [0.4, 0.5) is 18.0 Å². The van der Waals surface area contributed by atoms with Gasteiger partial charge in [0.05, 0.1) is 0 Å². The zero-order valence-corrected chi connectivity index (χ0v) is 11.3. The number of hydrogen-bond acceptors (Lipinski definition) is 2. The number of hydrogen-bond donors (Lipinski definition) is 2. The molecule has 5 nitrogen and oxygen atoms in total. The Labute approximate surface area is 109 Å². The van der Waals surface area contributed by atoms with E-state index in [2.05, 4.69) is 0 Å². The van der Waals surface area contributed by atoms with E-state index in [-0.39, 0.29) is 6.04 Å². The van der Waals surface area contributed by atoms with Crippen molar-refractivity contribution in [3.8, 4) is 0 Å². The molecule has 0 rings (SSSR count). The molecular weight excluding hydrogens is 265 g/mol. The molecular formula is C11H19F3N2O3. The van der Waals surface area contributed by atoms with Crippen molar-refractivity contribution in [2.45, 2.75) is 51.4 Å². The Morgan fingerprint density at radius 1 is 1.26 bits per heavy atom. The molecule has 0 aliphatic heterocycles. The van der Waals surface area contributed by atoms with Gasteiger partial charge in [-0.05, 0) is 19.8 Å². The van der Waals surface area contributed by atoms with Crippen LogP contribution in [0.15, 0.2) is 0 Å². The predicted molar refractivity (Wildman–Crippen MR) is 62.8 cm³/mol. The average Bonchev–Trinajstić information content (AvgIpc) is 2.28. The van der Waals surface area contributed by atoms with Gasteiger partial charge in [0.25, 0.3) is 0 Å². The Bertz CT molecular complexity index is 343. The Morgan fingerprint density at radius 2 is 1.68 bits per heavy atom. The number of urea groups is 1. The van der Waals surface area contributed by atoms with E-state index in [9.17, 15) is 22.8 Å². The molecule has 2 N–H and O–H groups in total. The fraction of sp³-hybridized carbons (Fsp3) is 0.818. The monoisotopic (exact) mass is 284 g/mol. The van der Waals surface area contributed by atoms with Crippen LogP contribution in [-0.2, 0) is 4.79 Å². The number of rotatable bonds is 5. The van der Waals surface area contributed by atoms with Gasteiger partial charge in [-0.25, -0.2) is 9.59 Å². The minimum atomic E-state index is -5.08. The molecule has 0 aromatic carbocycles. The molecule has 1 atom stereocenters. The minimum absolute atomic E-state index is 0.244. The molecule has 112 valence electrons. The van der Waals surface area contributed by atoms with Crippen molar-refractivity contribution in [3.63, 3.8) is 0 Å². The first-order valence-corrected chi connectivity index (χ1v) is 5.86. The quantitative estimate of drug-likeness (QED) is 0.813. The first kappa shape index (κ1) is 17.5. The zero-order chi connectivity index (χ0) is 15.4. The summed E-state index contributed by atoms with van der Waals surface area (Å²) >= 11 is 0. The first-order valence-electron chi connectivity index (χ1n) is 5.86. The van der Waals surface area contributed by atoms with E-state index in [0.29, 0.717) is 19.8 Å². The number of carbonyl (C=O) groups excluding carboxylic acids is 1. The third kappa shape index (κ3) is 3.74. The molecule has 0 aliphatic rings. The molecule has 0 saturated carbocycles. The van der Waals surface area contributed by atoms with Crippen LogP contribution in [-0.4, -0.2) is 46.8 Å². The minimum Gasteiger partial charge on any atom is -0.479 e. The Morgan fingerprint density at radius 3 is 1.95 bits per heavy atom. The highest BCUT2D eigenvalue weighted by Crippen LogP contribution is 2.30. The number of carboxylic acids is 1. The second kappa shape index (κ2) is 6.12. The summed E-state index contributed by atoms with van der Waals surface area (Å²) in [7, 11) is 1.34. The number of amides is 2. The van der Waals surface area contributed by atoms with Crippen molar-refractivity contribution < 1.29 is 27.9 Å². The lowest BCUT2D eigenvalue weighted by atomic mass is 10.0. The van der Waals surface area contributed by atoms with Gasteiger partial charge in [-0.2, -0.15) is 13.2 Å². The summed E-state index contributed by atoms with van der Waals surface area (Å²) in [6.07, 6.45) is -3.95. The van der Waals surface area contributed by atoms with Crippen LogP contribution in [0.2, 0.25) is 0 Å². The van der Waals surface area contributed by atoms with Gasteiger partial charge in [0.15, 0.2) is 0 Å². The normalized spacial score (nSPS) is 14.9. The summed E-state index contributed by atoms with van der Waals surface area (Å²) in [5.41, 5.74) is -3.30. The Hall–Kier alpha value is -1.47. The molecule has 0 bridgehead atoms. The van der Waals surface area contributed by atoms with Crippen molar-refractivity contribution in [2.75, 3.05) is 7.05 Å². The molecule has 0 spiro atoms. The van der Waals surface area contributed by atoms with Gasteiger partial charge in [-0.3, -0.25) is 0 Å². The van der Waals surface area contributed by atoms with Crippen molar-refractivity contribution in [3.05, 3.63) is 0 Å². The Balaban J connectivity index is 5.09. The van der Waals surface area contributed by atoms with E-state index in [1.54, 1.807) is 19.2 Å². The standard InChI is InChI=1S/C11H19F3N2O3/c1-5-7(6-2)16(4)9(19)15-10(3,8(17)18)11(12,13)14/h7H,5-6H2,1-4H3,(H,15,19)(H,17,18). The molecule has 0 aromatic rings. The van der Waals surface area contributed by atoms with E-state index in [1.165, 1.54) is 7.05 Å². The summed E-state index contributed by atoms with van der Waals surface area (Å²) in [5, 5.41) is 10.2. The van der Waals surface area contributed by atoms with Gasteiger partial charge in [-0.15, -0.1) is 0 Å². The van der Waals surface area contributed by atoms with Gasteiger partial charge in [-0.1, -0.05) is 13.8 Å². The molecule has 0 saturated heterocycles. The number of carbonyl (C=O) groups is 2. The fourth-order valence-corrected chi connectivity index (χ4v) is 1.55. The van der Waals surface area contributed by atoms with Gasteiger partial charge >= 0.3 is 18.2 Å². The lowest BCUT2D eigenvalue weighted by Crippen LogP contribution is -2.64. The lowest BCUT2D eigenvalue weighted by molar-refractivity contribution is -0.203. The van der Waals surface area contributed by atoms with E-state index < -0.39 is 23.7 Å². The van der Waals surface area contributed by atoms with Crippen molar-refractivity contribution in [1.29, 1.82) is 0 Å². The van der Waals surface area contributed by atoms with Crippen molar-refractivity contribution >= 4 is 12.0 Å². The van der Waals surface area contributed by atoms with Gasteiger partial charge in [0.2, 0.25) is 5.54 Å². The molecule has 0 heterocycles. The van der Waals surface area contributed by atoms with E-state index in [4.69, 9.17) is 5.11 Å². The fourth-order valence-electron chi connectivity index (χ4n) is 1.55. The third-order valence-corrected chi connectivity index (χ3v) is 3.16. The highest BCUT2D eigenvalue weighted by Gasteiger charge is 2.58. The maximum atomic E-state index is 12.7. The second-order valence-corrected chi connectivity index (χ2v) is 4.44. The van der Waals surface area contributed by atoms with Gasteiger partial charge < -0.3 is 15.3 Å². The van der Waals surface area contributed by atoms with Crippen LogP contribution in [0, 0.1) is 0 Å². The van der Waals surface area contributed by atoms with E-state index in [0.717, 1.165) is 4.90 Å². The molecule has 0 radical (unpaired) electrons. The first-order chi connectivity index (χ1) is 8.51. The smallest absolute Gasteiger partial charge is 0.422 e. The molecule has 8 heteroatoms. The molecule has 2 amide bonds. The SMILES string of the molecule is CCC(CC)N(C)C(=O)NC(C)(C(=O)O)C(F)(F)F. The zero-order valence-electron chi connectivity index (χ0n) is 11.3. The second-order valence-electron chi connectivity index (χ2n) is 4.44. The van der Waals surface area contributed by atoms with Crippen LogP contribution in [0.5, 0.6) is 0 Å². The molecule has 1 unspecified atom stereocenters. The topological polar surface area (TPSA) is 69.6 Å². The Kier molecular flexibility index (Phi) is 5.64. The highest BCUT2D eigenvalue weighted by atomic mass is 19.4. The van der Waals surface area contributed by atoms with Crippen LogP contribution in [0.1, 0.15) is 33.6 Å². The molecule has 19 heavy (non-hydrogen) atoms. The molecule has 0 fully saturated rings. The number of aliphatic carboxylic acids is 1. The number of nitrogens with zero attached hydrogens (tertiary/aromatic N) is 1. The van der Waals surface area contributed by atoms with Crippen LogP contribution in [0.3, 0.4) is 0 Å². The third-order valence-electron chi connectivity index (χ3n) is 3.16. The van der Waals surface area contributed by atoms with Crippen LogP contribution in [0.25, 0.3) is 0 Å². The largest absolute Gasteiger partial charge is 0.479 e. The number of nitrogens with one attached hydrogen (secondary N) is 1. The maximum absolute atomic E-state index is 12.7. The molecule has 0 aromatic heterocycles. The number of carboxylic acid groups (broad SMARTS) is 1. The lowest BCUT2D eigenvalue weighted by Gasteiger charge is -2.33.